The van der Waals surface area contributed by atoms with Gasteiger partial charge in [-0.2, -0.15) is 0 Å². The first-order valence-corrected chi connectivity index (χ1v) is 8.97. The van der Waals surface area contributed by atoms with Gasteiger partial charge in [0.15, 0.2) is 0 Å². The van der Waals surface area contributed by atoms with Crippen molar-refractivity contribution in [2.24, 2.45) is 5.92 Å². The van der Waals surface area contributed by atoms with Crippen molar-refractivity contribution in [1.29, 1.82) is 0 Å². The standard InChI is InChI=1S/C20H26FN3O/c1-23(20(25)19-6-3-10-22-19)15-17-8-12-24(13-9-17)11-7-16-4-2-5-18(21)14-16/h2-6,10,14,17,22H,7-9,11-13,15H2,1H3. The zero-order valence-electron chi connectivity index (χ0n) is 14.7. The van der Waals surface area contributed by atoms with Crippen molar-refractivity contribution in [2.45, 2.75) is 19.3 Å². The van der Waals surface area contributed by atoms with E-state index in [1.807, 2.05) is 30.1 Å². The van der Waals surface area contributed by atoms with Crippen LogP contribution in [0.2, 0.25) is 0 Å². The summed E-state index contributed by atoms with van der Waals surface area (Å²) in [7, 11) is 1.87. The molecule has 0 aliphatic carbocycles. The predicted octanol–water partition coefficient (Wildman–Crippen LogP) is 3.18. The number of carbonyl (C=O) groups is 1. The van der Waals surface area contributed by atoms with Gasteiger partial charge in [-0.3, -0.25) is 4.79 Å². The number of halogens is 1. The maximum absolute atomic E-state index is 13.2. The quantitative estimate of drug-likeness (QED) is 0.875. The zero-order chi connectivity index (χ0) is 17.6. The van der Waals surface area contributed by atoms with E-state index in [1.54, 1.807) is 18.3 Å². The molecule has 0 unspecified atom stereocenters. The summed E-state index contributed by atoms with van der Waals surface area (Å²) in [6.07, 6.45) is 4.86. The van der Waals surface area contributed by atoms with E-state index < -0.39 is 0 Å². The fourth-order valence-corrected chi connectivity index (χ4v) is 3.51. The number of nitrogens with zero attached hydrogens (tertiary/aromatic N) is 2. The van der Waals surface area contributed by atoms with Crippen molar-refractivity contribution in [2.75, 3.05) is 33.2 Å². The fraction of sp³-hybridized carbons (Fsp3) is 0.450. The first-order valence-electron chi connectivity index (χ1n) is 8.97. The number of likely N-dealkylation sites (tertiary alicyclic amines) is 1. The molecule has 5 heteroatoms. The molecule has 2 heterocycles. The number of amides is 1. The first-order chi connectivity index (χ1) is 12.1. The van der Waals surface area contributed by atoms with Gasteiger partial charge in [-0.15, -0.1) is 0 Å². The molecule has 1 aromatic carbocycles. The largest absolute Gasteiger partial charge is 0.357 e. The molecule has 0 radical (unpaired) electrons. The van der Waals surface area contributed by atoms with Crippen LogP contribution in [-0.4, -0.2) is 53.9 Å². The van der Waals surface area contributed by atoms with E-state index in [2.05, 4.69) is 9.88 Å². The highest BCUT2D eigenvalue weighted by molar-refractivity contribution is 5.92. The number of hydrogen-bond donors (Lipinski definition) is 1. The fourth-order valence-electron chi connectivity index (χ4n) is 3.51. The number of rotatable bonds is 6. The minimum Gasteiger partial charge on any atom is -0.357 e. The van der Waals surface area contributed by atoms with Gasteiger partial charge < -0.3 is 14.8 Å². The van der Waals surface area contributed by atoms with Gasteiger partial charge in [0.05, 0.1) is 0 Å². The molecular weight excluding hydrogens is 317 g/mol. The minimum absolute atomic E-state index is 0.0542. The molecule has 1 aliphatic heterocycles. The van der Waals surface area contributed by atoms with Gasteiger partial charge in [0.1, 0.15) is 11.5 Å². The summed E-state index contributed by atoms with van der Waals surface area (Å²) < 4.78 is 13.2. The lowest BCUT2D eigenvalue weighted by Gasteiger charge is -2.33. The number of aromatic nitrogens is 1. The van der Waals surface area contributed by atoms with Crippen LogP contribution >= 0.6 is 0 Å². The van der Waals surface area contributed by atoms with E-state index in [1.165, 1.54) is 6.07 Å². The lowest BCUT2D eigenvalue weighted by Crippen LogP contribution is -2.40. The first kappa shape index (κ1) is 17.7. The second kappa shape index (κ2) is 8.30. The van der Waals surface area contributed by atoms with Crippen molar-refractivity contribution in [3.05, 3.63) is 59.7 Å². The third-order valence-electron chi connectivity index (χ3n) is 5.02. The van der Waals surface area contributed by atoms with Crippen molar-refractivity contribution >= 4 is 5.91 Å². The smallest absolute Gasteiger partial charge is 0.270 e. The van der Waals surface area contributed by atoms with Crippen molar-refractivity contribution < 1.29 is 9.18 Å². The average molecular weight is 343 g/mol. The Labute approximate surface area is 148 Å². The van der Waals surface area contributed by atoms with Crippen LogP contribution in [0, 0.1) is 11.7 Å². The maximum Gasteiger partial charge on any atom is 0.270 e. The molecule has 1 fully saturated rings. The Bertz CT molecular complexity index is 678. The van der Waals surface area contributed by atoms with Crippen molar-refractivity contribution in [3.63, 3.8) is 0 Å². The number of hydrogen-bond acceptors (Lipinski definition) is 2. The number of nitrogens with one attached hydrogen (secondary N) is 1. The van der Waals surface area contributed by atoms with Crippen molar-refractivity contribution in [3.8, 4) is 0 Å². The van der Waals surface area contributed by atoms with Gasteiger partial charge in [0, 0.05) is 26.3 Å². The molecule has 0 bridgehead atoms. The second-order valence-electron chi connectivity index (χ2n) is 6.93. The maximum atomic E-state index is 13.2. The minimum atomic E-state index is -0.161. The Hall–Kier alpha value is -2.14. The van der Waals surface area contributed by atoms with Gasteiger partial charge in [-0.1, -0.05) is 12.1 Å². The van der Waals surface area contributed by atoms with Crippen molar-refractivity contribution in [1.82, 2.24) is 14.8 Å². The molecule has 0 saturated carbocycles. The molecule has 0 spiro atoms. The van der Waals surface area contributed by atoms with Crippen LogP contribution in [0.4, 0.5) is 4.39 Å². The predicted molar refractivity (Wildman–Crippen MR) is 97.0 cm³/mol. The molecule has 134 valence electrons. The van der Waals surface area contributed by atoms with Crippen LogP contribution in [0.3, 0.4) is 0 Å². The van der Waals surface area contributed by atoms with Gasteiger partial charge in [-0.05, 0) is 68.1 Å². The van der Waals surface area contributed by atoms with Crippen LogP contribution in [0.15, 0.2) is 42.6 Å². The van der Waals surface area contributed by atoms with Crippen LogP contribution in [0.1, 0.15) is 28.9 Å². The molecule has 1 aromatic heterocycles. The van der Waals surface area contributed by atoms with Crippen LogP contribution < -0.4 is 0 Å². The Morgan fingerprint density at radius 3 is 2.76 bits per heavy atom. The van der Waals surface area contributed by atoms with E-state index in [0.717, 1.165) is 51.0 Å². The van der Waals surface area contributed by atoms with Crippen LogP contribution in [-0.2, 0) is 6.42 Å². The van der Waals surface area contributed by atoms with E-state index in [-0.39, 0.29) is 11.7 Å². The number of H-pyrrole nitrogens is 1. The van der Waals surface area contributed by atoms with E-state index >= 15 is 0 Å². The monoisotopic (exact) mass is 343 g/mol. The number of aromatic amines is 1. The third kappa shape index (κ3) is 4.92. The summed E-state index contributed by atoms with van der Waals surface area (Å²) in [4.78, 5) is 19.5. The Morgan fingerprint density at radius 2 is 2.08 bits per heavy atom. The highest BCUT2D eigenvalue weighted by Gasteiger charge is 2.22. The van der Waals surface area contributed by atoms with Crippen LogP contribution in [0.5, 0.6) is 0 Å². The molecule has 1 saturated heterocycles. The average Bonchev–Trinajstić information content (AvgIpc) is 3.15. The summed E-state index contributed by atoms with van der Waals surface area (Å²) in [6, 6.07) is 10.5. The summed E-state index contributed by atoms with van der Waals surface area (Å²) in [5, 5.41) is 0. The summed E-state index contributed by atoms with van der Waals surface area (Å²) in [5.74, 6) is 0.443. The molecular formula is C20H26FN3O. The number of benzene rings is 1. The molecule has 1 amide bonds. The zero-order valence-corrected chi connectivity index (χ0v) is 14.7. The lowest BCUT2D eigenvalue weighted by atomic mass is 9.96. The van der Waals surface area contributed by atoms with E-state index in [4.69, 9.17) is 0 Å². The Balaban J connectivity index is 1.40. The molecule has 4 nitrogen and oxygen atoms in total. The lowest BCUT2D eigenvalue weighted by molar-refractivity contribution is 0.0735. The van der Waals surface area contributed by atoms with Gasteiger partial charge >= 0.3 is 0 Å². The van der Waals surface area contributed by atoms with E-state index in [9.17, 15) is 9.18 Å². The topological polar surface area (TPSA) is 39.3 Å². The highest BCUT2D eigenvalue weighted by Crippen LogP contribution is 2.19. The van der Waals surface area contributed by atoms with Gasteiger partial charge in [0.25, 0.3) is 5.91 Å². The van der Waals surface area contributed by atoms with Gasteiger partial charge in [-0.25, -0.2) is 4.39 Å². The molecule has 2 aromatic rings. The second-order valence-corrected chi connectivity index (χ2v) is 6.93. The molecule has 25 heavy (non-hydrogen) atoms. The summed E-state index contributed by atoms with van der Waals surface area (Å²) in [6.45, 7) is 3.86. The Morgan fingerprint density at radius 1 is 1.28 bits per heavy atom. The molecule has 1 aliphatic rings. The summed E-state index contributed by atoms with van der Waals surface area (Å²) >= 11 is 0. The number of piperidine rings is 1. The normalized spacial score (nSPS) is 16.1. The summed E-state index contributed by atoms with van der Waals surface area (Å²) in [5.41, 5.74) is 1.70. The molecule has 1 N–H and O–H groups in total. The van der Waals surface area contributed by atoms with Gasteiger partial charge in [0.2, 0.25) is 0 Å². The third-order valence-corrected chi connectivity index (χ3v) is 5.02. The van der Waals surface area contributed by atoms with Crippen LogP contribution in [0.25, 0.3) is 0 Å². The Kier molecular flexibility index (Phi) is 5.87. The highest BCUT2D eigenvalue weighted by atomic mass is 19.1. The number of carbonyl (C=O) groups excluding carboxylic acids is 1. The molecule has 3 rings (SSSR count). The SMILES string of the molecule is CN(CC1CCN(CCc2cccc(F)c2)CC1)C(=O)c1ccc[nH]1. The van der Waals surface area contributed by atoms with E-state index in [0.29, 0.717) is 11.6 Å². The molecule has 0 atom stereocenters.